The number of rotatable bonds is 5. The molecule has 0 spiro atoms. The molecule has 2 saturated heterocycles. The fraction of sp³-hybridized carbons (Fsp3) is 0.458. The molecule has 31 heavy (non-hydrogen) atoms. The number of guanidine groups is 1. The van der Waals surface area contributed by atoms with Gasteiger partial charge in [0, 0.05) is 62.3 Å². The standard InChI is InChI=1S/C24H32ClN5O/c25-21-3-7-23(8-4-21)29-13-15-30(16-14-29)24(26)27-17-19-1-5-22(6-2-19)28-11-9-20(18-31)10-12-28/h1-8,20,31H,9-18H2,(H2,26,27). The zero-order chi connectivity index (χ0) is 21.6. The highest BCUT2D eigenvalue weighted by Crippen LogP contribution is 2.24. The van der Waals surface area contributed by atoms with E-state index in [1.54, 1.807) is 0 Å². The number of nitrogens with two attached hydrogens (primary N) is 1. The molecule has 0 aliphatic carbocycles. The van der Waals surface area contributed by atoms with Crippen LogP contribution >= 0.6 is 11.6 Å². The number of piperidine rings is 1. The summed E-state index contributed by atoms with van der Waals surface area (Å²) in [6.07, 6.45) is 2.12. The maximum Gasteiger partial charge on any atom is 0.191 e. The lowest BCUT2D eigenvalue weighted by atomic mass is 9.97. The summed E-state index contributed by atoms with van der Waals surface area (Å²) in [5.41, 5.74) is 9.89. The number of aliphatic hydroxyl groups is 1. The molecule has 0 amide bonds. The van der Waals surface area contributed by atoms with Crippen LogP contribution in [0.4, 0.5) is 11.4 Å². The van der Waals surface area contributed by atoms with Crippen molar-refractivity contribution in [3.05, 3.63) is 59.1 Å². The number of benzene rings is 2. The van der Waals surface area contributed by atoms with Crippen molar-refractivity contribution in [2.75, 3.05) is 55.7 Å². The molecule has 2 aromatic rings. The second kappa shape index (κ2) is 10.2. The third kappa shape index (κ3) is 5.63. The van der Waals surface area contributed by atoms with Crippen LogP contribution in [0, 0.1) is 5.92 Å². The van der Waals surface area contributed by atoms with Crippen molar-refractivity contribution >= 4 is 28.9 Å². The highest BCUT2D eigenvalue weighted by molar-refractivity contribution is 6.30. The Morgan fingerprint density at radius 2 is 1.42 bits per heavy atom. The summed E-state index contributed by atoms with van der Waals surface area (Å²) in [5, 5.41) is 10.1. The van der Waals surface area contributed by atoms with Crippen LogP contribution in [0.1, 0.15) is 18.4 Å². The predicted molar refractivity (Wildman–Crippen MR) is 129 cm³/mol. The van der Waals surface area contributed by atoms with Crippen molar-refractivity contribution in [2.24, 2.45) is 16.6 Å². The van der Waals surface area contributed by atoms with Gasteiger partial charge in [0.1, 0.15) is 0 Å². The van der Waals surface area contributed by atoms with E-state index in [4.69, 9.17) is 17.3 Å². The molecule has 0 bridgehead atoms. The highest BCUT2D eigenvalue weighted by Gasteiger charge is 2.19. The van der Waals surface area contributed by atoms with Crippen molar-refractivity contribution < 1.29 is 5.11 Å². The number of piperazine rings is 1. The molecule has 0 radical (unpaired) electrons. The number of aliphatic hydroxyl groups excluding tert-OH is 1. The van der Waals surface area contributed by atoms with E-state index in [-0.39, 0.29) is 0 Å². The van der Waals surface area contributed by atoms with E-state index in [0.717, 1.165) is 62.7 Å². The molecule has 166 valence electrons. The van der Waals surface area contributed by atoms with E-state index < -0.39 is 0 Å². The zero-order valence-electron chi connectivity index (χ0n) is 18.0. The van der Waals surface area contributed by atoms with E-state index in [1.807, 2.05) is 12.1 Å². The van der Waals surface area contributed by atoms with Crippen molar-refractivity contribution in [3.63, 3.8) is 0 Å². The molecule has 2 fully saturated rings. The fourth-order valence-electron chi connectivity index (χ4n) is 4.30. The molecule has 0 saturated carbocycles. The summed E-state index contributed by atoms with van der Waals surface area (Å²) in [5.74, 6) is 1.08. The van der Waals surface area contributed by atoms with Crippen molar-refractivity contribution in [3.8, 4) is 0 Å². The third-order valence-electron chi connectivity index (χ3n) is 6.39. The van der Waals surface area contributed by atoms with Gasteiger partial charge < -0.3 is 25.5 Å². The van der Waals surface area contributed by atoms with Gasteiger partial charge in [0.25, 0.3) is 0 Å². The largest absolute Gasteiger partial charge is 0.396 e. The first kappa shape index (κ1) is 21.8. The predicted octanol–water partition coefficient (Wildman–Crippen LogP) is 3.19. The van der Waals surface area contributed by atoms with Crippen LogP contribution in [0.25, 0.3) is 0 Å². The van der Waals surface area contributed by atoms with Crippen LogP contribution in [0.3, 0.4) is 0 Å². The van der Waals surface area contributed by atoms with E-state index in [2.05, 4.69) is 56.1 Å². The van der Waals surface area contributed by atoms with Crippen molar-refractivity contribution in [1.82, 2.24) is 4.90 Å². The smallest absolute Gasteiger partial charge is 0.191 e. The molecule has 4 rings (SSSR count). The average Bonchev–Trinajstić information content (AvgIpc) is 2.83. The first-order chi connectivity index (χ1) is 15.1. The van der Waals surface area contributed by atoms with Crippen molar-refractivity contribution in [1.29, 1.82) is 0 Å². The van der Waals surface area contributed by atoms with Gasteiger partial charge in [0.15, 0.2) is 5.96 Å². The quantitative estimate of drug-likeness (QED) is 0.551. The molecular formula is C24H32ClN5O. The number of aliphatic imine (C=N–C) groups is 1. The summed E-state index contributed by atoms with van der Waals surface area (Å²) in [7, 11) is 0. The molecule has 0 aromatic heterocycles. The fourth-order valence-corrected chi connectivity index (χ4v) is 4.43. The molecule has 7 heteroatoms. The first-order valence-corrected chi connectivity index (χ1v) is 11.5. The molecule has 2 heterocycles. The second-order valence-electron chi connectivity index (χ2n) is 8.40. The molecule has 2 aliphatic rings. The number of nitrogens with zero attached hydrogens (tertiary/aromatic N) is 4. The lowest BCUT2D eigenvalue weighted by molar-refractivity contribution is 0.203. The minimum absolute atomic E-state index is 0.308. The van der Waals surface area contributed by atoms with E-state index in [0.29, 0.717) is 25.0 Å². The van der Waals surface area contributed by atoms with Gasteiger partial charge in [0.05, 0.1) is 6.54 Å². The van der Waals surface area contributed by atoms with E-state index in [1.165, 1.54) is 11.4 Å². The Balaban J connectivity index is 1.26. The van der Waals surface area contributed by atoms with Gasteiger partial charge in [0.2, 0.25) is 0 Å². The van der Waals surface area contributed by atoms with Crippen LogP contribution in [0.5, 0.6) is 0 Å². The van der Waals surface area contributed by atoms with Crippen LogP contribution in [0.2, 0.25) is 5.02 Å². The topological polar surface area (TPSA) is 68.3 Å². The molecule has 3 N–H and O–H groups in total. The monoisotopic (exact) mass is 441 g/mol. The van der Waals surface area contributed by atoms with Crippen molar-refractivity contribution in [2.45, 2.75) is 19.4 Å². The minimum Gasteiger partial charge on any atom is -0.396 e. The summed E-state index contributed by atoms with van der Waals surface area (Å²) < 4.78 is 0. The summed E-state index contributed by atoms with van der Waals surface area (Å²) >= 11 is 5.99. The van der Waals surface area contributed by atoms with Gasteiger partial charge in [-0.05, 0) is 60.7 Å². The summed E-state index contributed by atoms with van der Waals surface area (Å²) in [6, 6.07) is 16.6. The lowest BCUT2D eigenvalue weighted by Gasteiger charge is -2.36. The Labute approximate surface area is 189 Å². The number of hydrogen-bond donors (Lipinski definition) is 2. The zero-order valence-corrected chi connectivity index (χ0v) is 18.7. The second-order valence-corrected chi connectivity index (χ2v) is 8.84. The SMILES string of the molecule is NC(=NCc1ccc(N2CCC(CO)CC2)cc1)N1CCN(c2ccc(Cl)cc2)CC1. The molecule has 2 aromatic carbocycles. The molecule has 2 aliphatic heterocycles. The lowest BCUT2D eigenvalue weighted by Crippen LogP contribution is -2.51. The minimum atomic E-state index is 0.308. The van der Waals surface area contributed by atoms with Crippen LogP contribution in [-0.4, -0.2) is 61.8 Å². The van der Waals surface area contributed by atoms with Gasteiger partial charge in [-0.2, -0.15) is 0 Å². The third-order valence-corrected chi connectivity index (χ3v) is 6.65. The van der Waals surface area contributed by atoms with Gasteiger partial charge >= 0.3 is 0 Å². The number of anilines is 2. The summed E-state index contributed by atoms with van der Waals surface area (Å²) in [4.78, 5) is 11.5. The van der Waals surface area contributed by atoms with Gasteiger partial charge in [-0.15, -0.1) is 0 Å². The van der Waals surface area contributed by atoms with Gasteiger partial charge in [-0.3, -0.25) is 0 Å². The van der Waals surface area contributed by atoms with Crippen LogP contribution in [-0.2, 0) is 6.54 Å². The molecule has 0 unspecified atom stereocenters. The Bertz CT molecular complexity index is 855. The normalized spacial score (nSPS) is 18.5. The maximum atomic E-state index is 9.31. The number of hydrogen-bond acceptors (Lipinski definition) is 4. The highest BCUT2D eigenvalue weighted by atomic mass is 35.5. The van der Waals surface area contributed by atoms with Gasteiger partial charge in [-0.1, -0.05) is 23.7 Å². The van der Waals surface area contributed by atoms with Crippen LogP contribution in [0.15, 0.2) is 53.5 Å². The Morgan fingerprint density at radius 1 is 0.871 bits per heavy atom. The maximum absolute atomic E-state index is 9.31. The van der Waals surface area contributed by atoms with Crippen LogP contribution < -0.4 is 15.5 Å². The first-order valence-electron chi connectivity index (χ1n) is 11.1. The van der Waals surface area contributed by atoms with E-state index in [9.17, 15) is 5.11 Å². The van der Waals surface area contributed by atoms with Gasteiger partial charge in [-0.25, -0.2) is 4.99 Å². The Morgan fingerprint density at radius 3 is 2.00 bits per heavy atom. The molecule has 6 nitrogen and oxygen atoms in total. The Hall–Kier alpha value is -2.44. The van der Waals surface area contributed by atoms with E-state index >= 15 is 0 Å². The summed E-state index contributed by atoms with van der Waals surface area (Å²) in [6.45, 7) is 6.48. The Kier molecular flexibility index (Phi) is 7.20. The average molecular weight is 442 g/mol. The molecular weight excluding hydrogens is 410 g/mol. The molecule has 0 atom stereocenters. The number of halogens is 1.